The molecular formula is C15H19FN2O4S. The van der Waals surface area contributed by atoms with Crippen LogP contribution in [0.25, 0.3) is 0 Å². The Morgan fingerprint density at radius 1 is 1.17 bits per heavy atom. The minimum atomic E-state index is -3.11. The van der Waals surface area contributed by atoms with Crippen molar-refractivity contribution in [2.45, 2.75) is 26.3 Å². The predicted octanol–water partition coefficient (Wildman–Crippen LogP) is 1.09. The van der Waals surface area contributed by atoms with Crippen molar-refractivity contribution in [1.29, 1.82) is 0 Å². The zero-order chi connectivity index (χ0) is 17.3. The molecule has 0 spiro atoms. The van der Waals surface area contributed by atoms with Crippen LogP contribution in [-0.4, -0.2) is 37.8 Å². The van der Waals surface area contributed by atoms with Gasteiger partial charge in [-0.25, -0.2) is 12.8 Å². The standard InChI is InChI=1S/C15H19FN2O4S/c1-15(2,13(19)17-11-5-3-10(16)4-6-11)14(20)18-12-7-8-23(21,22)9-12/h3-6,12H,7-9H2,1-2H3,(H,17,19)(H,18,20). The number of carbonyl (C=O) groups excluding carboxylic acids is 2. The maximum Gasteiger partial charge on any atom is 0.239 e. The van der Waals surface area contributed by atoms with Gasteiger partial charge in [0.15, 0.2) is 9.84 Å². The van der Waals surface area contributed by atoms with Gasteiger partial charge in [0.05, 0.1) is 11.5 Å². The molecule has 0 bridgehead atoms. The van der Waals surface area contributed by atoms with E-state index in [1.165, 1.54) is 38.1 Å². The molecule has 2 N–H and O–H groups in total. The number of anilines is 1. The number of nitrogens with one attached hydrogen (secondary N) is 2. The van der Waals surface area contributed by atoms with Crippen LogP contribution < -0.4 is 10.6 Å². The van der Waals surface area contributed by atoms with E-state index in [0.29, 0.717) is 12.1 Å². The number of amides is 2. The second-order valence-electron chi connectivity index (χ2n) is 6.16. The SMILES string of the molecule is CC(C)(C(=O)Nc1ccc(F)cc1)C(=O)NC1CCS(=O)(=O)C1. The molecule has 0 aliphatic carbocycles. The number of rotatable bonds is 4. The smallest absolute Gasteiger partial charge is 0.239 e. The van der Waals surface area contributed by atoms with E-state index in [4.69, 9.17) is 0 Å². The molecule has 2 rings (SSSR count). The first-order valence-electron chi connectivity index (χ1n) is 7.18. The fourth-order valence-corrected chi connectivity index (χ4v) is 3.87. The van der Waals surface area contributed by atoms with Crippen LogP contribution in [-0.2, 0) is 19.4 Å². The maximum absolute atomic E-state index is 12.9. The average molecular weight is 342 g/mol. The third-order valence-electron chi connectivity index (χ3n) is 3.81. The summed E-state index contributed by atoms with van der Waals surface area (Å²) in [4.78, 5) is 24.6. The van der Waals surface area contributed by atoms with E-state index in [-0.39, 0.29) is 11.5 Å². The lowest BCUT2D eigenvalue weighted by atomic mass is 9.90. The van der Waals surface area contributed by atoms with Gasteiger partial charge in [-0.05, 0) is 44.5 Å². The normalized spacial score (nSPS) is 20.0. The van der Waals surface area contributed by atoms with Crippen LogP contribution in [0.5, 0.6) is 0 Å². The van der Waals surface area contributed by atoms with E-state index in [9.17, 15) is 22.4 Å². The Balaban J connectivity index is 2.00. The summed E-state index contributed by atoms with van der Waals surface area (Å²) in [6.07, 6.45) is 0.351. The van der Waals surface area contributed by atoms with Crippen molar-refractivity contribution in [3.8, 4) is 0 Å². The molecule has 6 nitrogen and oxygen atoms in total. The largest absolute Gasteiger partial charge is 0.351 e. The number of halogens is 1. The van der Waals surface area contributed by atoms with Crippen molar-refractivity contribution < 1.29 is 22.4 Å². The summed E-state index contributed by atoms with van der Waals surface area (Å²) in [5.74, 6) is -1.58. The maximum atomic E-state index is 12.9. The molecule has 1 aromatic rings. The lowest BCUT2D eigenvalue weighted by molar-refractivity contribution is -0.138. The zero-order valence-corrected chi connectivity index (χ0v) is 13.7. The molecule has 8 heteroatoms. The lowest BCUT2D eigenvalue weighted by Crippen LogP contribution is -2.48. The first-order valence-corrected chi connectivity index (χ1v) is 9.01. The second-order valence-corrected chi connectivity index (χ2v) is 8.39. The van der Waals surface area contributed by atoms with Crippen molar-refractivity contribution in [2.24, 2.45) is 5.41 Å². The molecule has 0 aromatic heterocycles. The van der Waals surface area contributed by atoms with E-state index in [1.807, 2.05) is 0 Å². The molecule has 0 saturated carbocycles. The fourth-order valence-electron chi connectivity index (χ4n) is 2.20. The van der Waals surface area contributed by atoms with E-state index < -0.39 is 38.9 Å². The molecule has 1 saturated heterocycles. The van der Waals surface area contributed by atoms with E-state index in [2.05, 4.69) is 10.6 Å². The van der Waals surface area contributed by atoms with Crippen molar-refractivity contribution in [3.63, 3.8) is 0 Å². The van der Waals surface area contributed by atoms with Crippen molar-refractivity contribution in [1.82, 2.24) is 5.32 Å². The Hall–Kier alpha value is -1.96. The van der Waals surface area contributed by atoms with Gasteiger partial charge in [-0.15, -0.1) is 0 Å². The van der Waals surface area contributed by atoms with Crippen LogP contribution in [0.2, 0.25) is 0 Å². The highest BCUT2D eigenvalue weighted by Gasteiger charge is 2.39. The molecule has 1 fully saturated rings. The van der Waals surface area contributed by atoms with E-state index in [1.54, 1.807) is 0 Å². The Bertz CT molecular complexity index is 713. The molecule has 23 heavy (non-hydrogen) atoms. The molecule has 1 unspecified atom stereocenters. The Labute approximate surface area is 134 Å². The summed E-state index contributed by atoms with van der Waals surface area (Å²) in [6, 6.07) is 4.72. The highest BCUT2D eigenvalue weighted by Crippen LogP contribution is 2.21. The van der Waals surface area contributed by atoms with Crippen LogP contribution >= 0.6 is 0 Å². The van der Waals surface area contributed by atoms with Gasteiger partial charge in [0.25, 0.3) is 0 Å². The molecule has 1 atom stereocenters. The topological polar surface area (TPSA) is 92.3 Å². The van der Waals surface area contributed by atoms with Gasteiger partial charge in [0, 0.05) is 11.7 Å². The van der Waals surface area contributed by atoms with Gasteiger partial charge in [-0.2, -0.15) is 0 Å². The summed E-state index contributed by atoms with van der Waals surface area (Å²) in [6.45, 7) is 2.90. The summed E-state index contributed by atoms with van der Waals surface area (Å²) in [5.41, 5.74) is -1.01. The Morgan fingerprint density at radius 3 is 2.30 bits per heavy atom. The van der Waals surface area contributed by atoms with Crippen molar-refractivity contribution >= 4 is 27.3 Å². The first kappa shape index (κ1) is 17.4. The first-order chi connectivity index (χ1) is 10.6. The lowest BCUT2D eigenvalue weighted by Gasteiger charge is -2.24. The minimum absolute atomic E-state index is 0.0418. The van der Waals surface area contributed by atoms with Crippen LogP contribution in [0.3, 0.4) is 0 Å². The molecule has 0 radical (unpaired) electrons. The number of sulfone groups is 1. The fraction of sp³-hybridized carbons (Fsp3) is 0.467. The van der Waals surface area contributed by atoms with Gasteiger partial charge < -0.3 is 10.6 Å². The third kappa shape index (κ3) is 4.28. The number of hydrogen-bond donors (Lipinski definition) is 2. The summed E-state index contributed by atoms with van der Waals surface area (Å²) in [7, 11) is -3.11. The summed E-state index contributed by atoms with van der Waals surface area (Å²) >= 11 is 0. The monoisotopic (exact) mass is 342 g/mol. The van der Waals surface area contributed by atoms with Crippen LogP contribution in [0.1, 0.15) is 20.3 Å². The van der Waals surface area contributed by atoms with Crippen molar-refractivity contribution in [3.05, 3.63) is 30.1 Å². The summed E-state index contributed by atoms with van der Waals surface area (Å²) in [5, 5.41) is 5.16. The quantitative estimate of drug-likeness (QED) is 0.801. The Kier molecular flexibility index (Phi) is 4.74. The molecular weight excluding hydrogens is 323 g/mol. The van der Waals surface area contributed by atoms with Gasteiger partial charge in [0.2, 0.25) is 11.8 Å². The minimum Gasteiger partial charge on any atom is -0.351 e. The average Bonchev–Trinajstić information content (AvgIpc) is 2.80. The van der Waals surface area contributed by atoms with E-state index in [0.717, 1.165) is 0 Å². The molecule has 126 valence electrons. The zero-order valence-electron chi connectivity index (χ0n) is 12.9. The van der Waals surface area contributed by atoms with Gasteiger partial charge in [-0.1, -0.05) is 0 Å². The predicted molar refractivity (Wildman–Crippen MR) is 84.0 cm³/mol. The van der Waals surface area contributed by atoms with Crippen LogP contribution in [0.15, 0.2) is 24.3 Å². The number of hydrogen-bond acceptors (Lipinski definition) is 4. The van der Waals surface area contributed by atoms with Gasteiger partial charge in [0.1, 0.15) is 11.2 Å². The van der Waals surface area contributed by atoms with Crippen molar-refractivity contribution in [2.75, 3.05) is 16.8 Å². The molecule has 2 amide bonds. The van der Waals surface area contributed by atoms with Gasteiger partial charge in [-0.3, -0.25) is 9.59 Å². The van der Waals surface area contributed by atoms with Crippen LogP contribution in [0.4, 0.5) is 10.1 Å². The summed E-state index contributed by atoms with van der Waals surface area (Å²) < 4.78 is 35.7. The third-order valence-corrected chi connectivity index (χ3v) is 5.57. The van der Waals surface area contributed by atoms with Crippen LogP contribution in [0, 0.1) is 11.2 Å². The number of carbonyl (C=O) groups is 2. The molecule has 1 aliphatic heterocycles. The molecule has 1 aliphatic rings. The molecule has 1 heterocycles. The van der Waals surface area contributed by atoms with E-state index >= 15 is 0 Å². The highest BCUT2D eigenvalue weighted by molar-refractivity contribution is 7.91. The molecule has 1 aromatic carbocycles. The highest BCUT2D eigenvalue weighted by atomic mass is 32.2. The number of benzene rings is 1. The second kappa shape index (κ2) is 6.27. The Morgan fingerprint density at radius 2 is 1.78 bits per heavy atom. The van der Waals surface area contributed by atoms with Gasteiger partial charge >= 0.3 is 0 Å².